The molecule has 0 spiro atoms. The van der Waals surface area contributed by atoms with Crippen LogP contribution in [-0.4, -0.2) is 26.5 Å². The van der Waals surface area contributed by atoms with Gasteiger partial charge in [-0.2, -0.15) is 4.98 Å². The van der Waals surface area contributed by atoms with E-state index in [1.807, 2.05) is 30.3 Å². The van der Waals surface area contributed by atoms with Gasteiger partial charge in [0.15, 0.2) is 0 Å². The second-order valence-electron chi connectivity index (χ2n) is 6.61. The lowest BCUT2D eigenvalue weighted by Gasteiger charge is -2.12. The molecule has 2 amide bonds. The van der Waals surface area contributed by atoms with Gasteiger partial charge in [0.1, 0.15) is 5.82 Å². The van der Waals surface area contributed by atoms with Gasteiger partial charge in [-0.25, -0.2) is 0 Å². The van der Waals surface area contributed by atoms with E-state index < -0.39 is 17.4 Å². The van der Waals surface area contributed by atoms with Crippen LogP contribution in [0.15, 0.2) is 70.0 Å². The zero-order valence-electron chi connectivity index (χ0n) is 15.3. The van der Waals surface area contributed by atoms with Crippen molar-refractivity contribution < 1.29 is 14.1 Å². The van der Waals surface area contributed by atoms with E-state index >= 15 is 0 Å². The number of carbonyl (C=O) groups is 2. The summed E-state index contributed by atoms with van der Waals surface area (Å²) in [6, 6.07) is 17.2. The number of hydrogen-bond acceptors (Lipinski definition) is 7. The Balaban J connectivity index is 1.60. The summed E-state index contributed by atoms with van der Waals surface area (Å²) in [5.74, 6) is -0.703. The van der Waals surface area contributed by atoms with Crippen molar-refractivity contribution in [3.63, 3.8) is 0 Å². The molecule has 146 valence electrons. The maximum Gasteiger partial charge on any atom is 0.262 e. The number of imide groups is 1. The number of pyridine rings is 1. The van der Waals surface area contributed by atoms with Gasteiger partial charge in [0.05, 0.1) is 16.8 Å². The first-order valence-electron chi connectivity index (χ1n) is 8.94. The number of nitrogen functional groups attached to an aromatic ring is 1. The molecule has 0 saturated heterocycles. The summed E-state index contributed by atoms with van der Waals surface area (Å²) in [7, 11) is 0. The van der Waals surface area contributed by atoms with Crippen LogP contribution in [0.25, 0.3) is 28.5 Å². The van der Waals surface area contributed by atoms with Crippen LogP contribution in [0.5, 0.6) is 0 Å². The normalized spacial score (nSPS) is 12.7. The zero-order valence-corrected chi connectivity index (χ0v) is 15.3. The van der Waals surface area contributed by atoms with E-state index in [0.29, 0.717) is 17.1 Å². The van der Waals surface area contributed by atoms with Crippen LogP contribution >= 0.6 is 0 Å². The van der Waals surface area contributed by atoms with Gasteiger partial charge in [-0.15, -0.1) is 0 Å². The summed E-state index contributed by atoms with van der Waals surface area (Å²) in [5, 5.41) is 6.14. The van der Waals surface area contributed by atoms with Gasteiger partial charge in [-0.05, 0) is 18.2 Å². The molecule has 0 aliphatic carbocycles. The van der Waals surface area contributed by atoms with Crippen molar-refractivity contribution in [2.24, 2.45) is 0 Å². The van der Waals surface area contributed by atoms with Gasteiger partial charge in [-0.3, -0.25) is 24.3 Å². The smallest absolute Gasteiger partial charge is 0.262 e. The van der Waals surface area contributed by atoms with Gasteiger partial charge >= 0.3 is 0 Å². The highest BCUT2D eigenvalue weighted by Gasteiger charge is 2.31. The minimum atomic E-state index is -0.640. The number of benzene rings is 2. The molecular weight excluding hydrogens is 386 g/mol. The second kappa shape index (κ2) is 6.52. The van der Waals surface area contributed by atoms with E-state index in [2.05, 4.69) is 15.5 Å². The van der Waals surface area contributed by atoms with Crippen LogP contribution in [0.2, 0.25) is 0 Å². The molecule has 4 aromatic rings. The molecule has 0 bridgehead atoms. The van der Waals surface area contributed by atoms with Crippen LogP contribution in [-0.2, 0) is 0 Å². The van der Waals surface area contributed by atoms with Crippen molar-refractivity contribution >= 4 is 17.6 Å². The number of aromatic nitrogens is 3. The topological polar surface area (TPSA) is 133 Å². The fourth-order valence-electron chi connectivity index (χ4n) is 3.37. The van der Waals surface area contributed by atoms with Crippen molar-refractivity contribution in [3.8, 4) is 28.5 Å². The van der Waals surface area contributed by atoms with Gasteiger partial charge in [-0.1, -0.05) is 41.6 Å². The molecule has 1 aliphatic rings. The van der Waals surface area contributed by atoms with Crippen molar-refractivity contribution in [1.29, 1.82) is 0 Å². The third kappa shape index (κ3) is 2.68. The van der Waals surface area contributed by atoms with Crippen molar-refractivity contribution in [2.45, 2.75) is 0 Å². The van der Waals surface area contributed by atoms with E-state index in [9.17, 15) is 14.4 Å². The molecule has 0 fully saturated rings. The first-order valence-corrected chi connectivity index (χ1v) is 8.94. The Hall–Kier alpha value is -4.53. The fraction of sp³-hybridized carbons (Fsp3) is 0. The first-order chi connectivity index (χ1) is 14.5. The van der Waals surface area contributed by atoms with Crippen molar-refractivity contribution in [2.75, 3.05) is 5.73 Å². The lowest BCUT2D eigenvalue weighted by atomic mass is 10.1. The monoisotopic (exact) mass is 399 g/mol. The Kier molecular flexibility index (Phi) is 3.82. The number of rotatable bonds is 3. The maximum absolute atomic E-state index is 12.6. The average Bonchev–Trinajstić information content (AvgIpc) is 3.34. The van der Waals surface area contributed by atoms with E-state index in [0.717, 1.165) is 16.2 Å². The minimum absolute atomic E-state index is 0.0193. The molecule has 2 aromatic heterocycles. The van der Waals surface area contributed by atoms with Crippen molar-refractivity contribution in [3.05, 3.63) is 82.1 Å². The molecule has 9 nitrogen and oxygen atoms in total. The Morgan fingerprint density at radius 3 is 2.47 bits per heavy atom. The van der Waals surface area contributed by atoms with Gasteiger partial charge < -0.3 is 10.3 Å². The number of nitrogens with two attached hydrogens (primary N) is 1. The van der Waals surface area contributed by atoms with Crippen LogP contribution in [0.3, 0.4) is 0 Å². The molecule has 2 aromatic carbocycles. The predicted octanol–water partition coefficient (Wildman–Crippen LogP) is 2.02. The molecular formula is C21H13N5O4. The molecule has 3 N–H and O–H groups in total. The Morgan fingerprint density at radius 1 is 0.900 bits per heavy atom. The number of amides is 2. The Bertz CT molecular complexity index is 1390. The molecule has 0 atom stereocenters. The van der Waals surface area contributed by atoms with Crippen LogP contribution in [0.1, 0.15) is 20.7 Å². The lowest BCUT2D eigenvalue weighted by Crippen LogP contribution is -2.24. The molecule has 9 heteroatoms. The standard InChI is InChI=1S/C21H13N5O4/c22-17-16-14(19(28)24-20(16)29)10-15(27)26(17)13-8-4-7-12(9-13)21-23-18(25-30-21)11-5-2-1-3-6-11/h1-10H,22H2,(H,24,28,29). The highest BCUT2D eigenvalue weighted by atomic mass is 16.5. The highest BCUT2D eigenvalue weighted by Crippen LogP contribution is 2.26. The number of hydrogen-bond donors (Lipinski definition) is 2. The summed E-state index contributed by atoms with van der Waals surface area (Å²) in [6.45, 7) is 0. The third-order valence-corrected chi connectivity index (χ3v) is 4.76. The minimum Gasteiger partial charge on any atom is -0.384 e. The second-order valence-corrected chi connectivity index (χ2v) is 6.61. The van der Waals surface area contributed by atoms with Gasteiger partial charge in [0.25, 0.3) is 23.3 Å². The Labute approximate surface area is 168 Å². The summed E-state index contributed by atoms with van der Waals surface area (Å²) in [6.07, 6.45) is 0. The maximum atomic E-state index is 12.6. The molecule has 3 heterocycles. The van der Waals surface area contributed by atoms with Gasteiger partial charge in [0.2, 0.25) is 5.82 Å². The lowest BCUT2D eigenvalue weighted by molar-refractivity contribution is 0.0880. The van der Waals surface area contributed by atoms with Crippen LogP contribution in [0, 0.1) is 0 Å². The van der Waals surface area contributed by atoms with Gasteiger partial charge in [0, 0.05) is 17.2 Å². The summed E-state index contributed by atoms with van der Waals surface area (Å²) in [4.78, 5) is 40.9. The predicted molar refractivity (Wildman–Crippen MR) is 107 cm³/mol. The third-order valence-electron chi connectivity index (χ3n) is 4.76. The molecule has 30 heavy (non-hydrogen) atoms. The summed E-state index contributed by atoms with van der Waals surface area (Å²) in [5.41, 5.74) is 7.26. The van der Waals surface area contributed by atoms with Crippen LogP contribution in [0.4, 0.5) is 5.82 Å². The fourth-order valence-corrected chi connectivity index (χ4v) is 3.37. The van der Waals surface area contributed by atoms with E-state index in [1.54, 1.807) is 24.3 Å². The molecule has 5 rings (SSSR count). The first kappa shape index (κ1) is 17.6. The SMILES string of the molecule is Nc1c2c(cc(=O)n1-c1cccc(-c3nc(-c4ccccc4)no3)c1)C(=O)NC2=O. The largest absolute Gasteiger partial charge is 0.384 e. The van der Waals surface area contributed by atoms with E-state index in [4.69, 9.17) is 10.3 Å². The number of nitrogens with one attached hydrogen (secondary N) is 1. The molecule has 1 aliphatic heterocycles. The Morgan fingerprint density at radius 2 is 1.67 bits per heavy atom. The zero-order chi connectivity index (χ0) is 20.8. The number of carbonyl (C=O) groups excluding carboxylic acids is 2. The highest BCUT2D eigenvalue weighted by molar-refractivity contribution is 6.23. The quantitative estimate of drug-likeness (QED) is 0.504. The van der Waals surface area contributed by atoms with E-state index in [-0.39, 0.29) is 22.8 Å². The summed E-state index contributed by atoms with van der Waals surface area (Å²) < 4.78 is 6.53. The van der Waals surface area contributed by atoms with E-state index in [1.165, 1.54) is 0 Å². The molecule has 0 radical (unpaired) electrons. The van der Waals surface area contributed by atoms with Crippen molar-refractivity contribution in [1.82, 2.24) is 20.0 Å². The number of fused-ring (bicyclic) bond motifs is 1. The number of nitrogens with zero attached hydrogens (tertiary/aromatic N) is 3. The molecule has 0 unspecified atom stereocenters. The average molecular weight is 399 g/mol. The van der Waals surface area contributed by atoms with Crippen LogP contribution < -0.4 is 16.6 Å². The molecule has 0 saturated carbocycles. The summed E-state index contributed by atoms with van der Waals surface area (Å²) >= 11 is 0. The number of anilines is 1.